The molecule has 3 nitrogen and oxygen atoms in total. The first-order chi connectivity index (χ1) is 19.7. The van der Waals surface area contributed by atoms with Crippen LogP contribution in [0.2, 0.25) is 0 Å². The first-order valence-electron chi connectivity index (χ1n) is 16.2. The Hall–Kier alpha value is -2.81. The SMILES string of the molecule is C\C=C(/C=C\C(=N\C(=C/C(C)=C1CCC1)c1ccc(C)c(O/C(C)=C(\C)CC)c1)C(C)CC)N1CC[C@H](CCC)C1. The van der Waals surface area contributed by atoms with Crippen LogP contribution < -0.4 is 4.74 Å². The number of allylic oxidation sites excluding steroid dienone is 8. The van der Waals surface area contributed by atoms with Crippen molar-refractivity contribution in [3.05, 3.63) is 81.8 Å². The molecule has 224 valence electrons. The lowest BCUT2D eigenvalue weighted by Crippen LogP contribution is -2.19. The average Bonchev–Trinajstić information content (AvgIpc) is 3.39. The van der Waals surface area contributed by atoms with E-state index < -0.39 is 0 Å². The minimum absolute atomic E-state index is 0.356. The highest BCUT2D eigenvalue weighted by atomic mass is 16.5. The minimum atomic E-state index is 0.356. The van der Waals surface area contributed by atoms with E-state index in [1.54, 1.807) is 5.57 Å². The Labute approximate surface area is 251 Å². The molecule has 1 unspecified atom stereocenters. The van der Waals surface area contributed by atoms with Gasteiger partial charge in [-0.3, -0.25) is 4.99 Å². The second kappa shape index (κ2) is 16.0. The normalized spacial score (nSPS) is 19.9. The molecule has 1 aromatic carbocycles. The molecule has 0 amide bonds. The van der Waals surface area contributed by atoms with Gasteiger partial charge in [-0.1, -0.05) is 57.9 Å². The fourth-order valence-corrected chi connectivity index (χ4v) is 5.53. The summed E-state index contributed by atoms with van der Waals surface area (Å²) in [7, 11) is 0. The lowest BCUT2D eigenvalue weighted by atomic mass is 9.88. The van der Waals surface area contributed by atoms with Gasteiger partial charge in [-0.2, -0.15) is 0 Å². The zero-order valence-corrected chi connectivity index (χ0v) is 27.6. The van der Waals surface area contributed by atoms with Crippen LogP contribution in [-0.2, 0) is 0 Å². The Morgan fingerprint density at radius 3 is 2.49 bits per heavy atom. The molecule has 2 fully saturated rings. The Kier molecular flexibility index (Phi) is 12.8. The summed E-state index contributed by atoms with van der Waals surface area (Å²) in [6, 6.07) is 6.56. The molecule has 1 heterocycles. The molecule has 2 atom stereocenters. The molecule has 41 heavy (non-hydrogen) atoms. The van der Waals surface area contributed by atoms with Crippen LogP contribution in [0, 0.1) is 18.8 Å². The Balaban J connectivity index is 2.03. The largest absolute Gasteiger partial charge is 0.462 e. The molecule has 0 aromatic heterocycles. The number of likely N-dealkylation sites (tertiary alicyclic amines) is 1. The molecule has 1 aliphatic heterocycles. The fourth-order valence-electron chi connectivity index (χ4n) is 5.53. The summed E-state index contributed by atoms with van der Waals surface area (Å²) in [5, 5.41) is 0. The zero-order chi connectivity index (χ0) is 29.9. The third-order valence-corrected chi connectivity index (χ3v) is 9.18. The monoisotopic (exact) mass is 556 g/mol. The van der Waals surface area contributed by atoms with Crippen LogP contribution in [0.5, 0.6) is 5.75 Å². The van der Waals surface area contributed by atoms with Gasteiger partial charge < -0.3 is 9.64 Å². The summed E-state index contributed by atoms with van der Waals surface area (Å²) < 4.78 is 6.39. The summed E-state index contributed by atoms with van der Waals surface area (Å²) in [6.45, 7) is 22.1. The van der Waals surface area contributed by atoms with Crippen LogP contribution in [0.4, 0.5) is 0 Å². The van der Waals surface area contributed by atoms with Gasteiger partial charge in [-0.05, 0) is 132 Å². The van der Waals surface area contributed by atoms with Gasteiger partial charge in [0.15, 0.2) is 0 Å². The van der Waals surface area contributed by atoms with Crippen LogP contribution in [-0.4, -0.2) is 23.7 Å². The maximum atomic E-state index is 6.39. The van der Waals surface area contributed by atoms with Gasteiger partial charge in [0.1, 0.15) is 5.75 Å². The van der Waals surface area contributed by atoms with Gasteiger partial charge >= 0.3 is 0 Å². The van der Waals surface area contributed by atoms with Gasteiger partial charge in [0.2, 0.25) is 0 Å². The van der Waals surface area contributed by atoms with Crippen molar-refractivity contribution < 1.29 is 4.74 Å². The van der Waals surface area contributed by atoms with Crippen molar-refractivity contribution in [1.82, 2.24) is 4.90 Å². The van der Waals surface area contributed by atoms with E-state index in [1.165, 1.54) is 61.9 Å². The Morgan fingerprint density at radius 2 is 1.88 bits per heavy atom. The predicted molar refractivity (Wildman–Crippen MR) is 179 cm³/mol. The smallest absolute Gasteiger partial charge is 0.130 e. The number of nitrogens with zero attached hydrogens (tertiary/aromatic N) is 2. The molecule has 2 aliphatic rings. The summed E-state index contributed by atoms with van der Waals surface area (Å²) in [5.74, 6) is 3.07. The molecule has 3 rings (SSSR count). The van der Waals surface area contributed by atoms with Crippen LogP contribution in [0.3, 0.4) is 0 Å². The molecule has 1 aromatic rings. The van der Waals surface area contributed by atoms with Gasteiger partial charge in [0.25, 0.3) is 0 Å². The molecule has 1 saturated carbocycles. The molecule has 0 spiro atoms. The highest BCUT2D eigenvalue weighted by molar-refractivity contribution is 6.00. The second-order valence-corrected chi connectivity index (χ2v) is 12.2. The highest BCUT2D eigenvalue weighted by Gasteiger charge is 2.22. The third kappa shape index (κ3) is 9.09. The van der Waals surface area contributed by atoms with E-state index >= 15 is 0 Å². The van der Waals surface area contributed by atoms with Gasteiger partial charge in [-0.25, -0.2) is 0 Å². The molecular formula is C38H56N2O. The van der Waals surface area contributed by atoms with E-state index in [-0.39, 0.29) is 0 Å². The summed E-state index contributed by atoms with van der Waals surface area (Å²) >= 11 is 0. The van der Waals surface area contributed by atoms with Crippen molar-refractivity contribution in [3.8, 4) is 5.75 Å². The average molecular weight is 557 g/mol. The van der Waals surface area contributed by atoms with Crippen molar-refractivity contribution in [2.24, 2.45) is 16.8 Å². The van der Waals surface area contributed by atoms with E-state index in [1.807, 2.05) is 0 Å². The van der Waals surface area contributed by atoms with Crippen LogP contribution in [0.25, 0.3) is 5.70 Å². The number of hydrogen-bond donors (Lipinski definition) is 0. The first-order valence-corrected chi connectivity index (χ1v) is 16.2. The van der Waals surface area contributed by atoms with Crippen LogP contribution >= 0.6 is 0 Å². The van der Waals surface area contributed by atoms with Gasteiger partial charge in [0.05, 0.1) is 11.5 Å². The lowest BCUT2D eigenvalue weighted by molar-refractivity contribution is 0.404. The van der Waals surface area contributed by atoms with Crippen molar-refractivity contribution in [3.63, 3.8) is 0 Å². The second-order valence-electron chi connectivity index (χ2n) is 12.2. The summed E-state index contributed by atoms with van der Waals surface area (Å²) in [5.41, 5.74) is 9.91. The van der Waals surface area contributed by atoms with Crippen molar-refractivity contribution in [1.29, 1.82) is 0 Å². The van der Waals surface area contributed by atoms with Crippen LogP contribution in [0.1, 0.15) is 118 Å². The molecule has 0 N–H and O–H groups in total. The van der Waals surface area contributed by atoms with E-state index in [2.05, 4.69) is 110 Å². The number of rotatable bonds is 13. The maximum absolute atomic E-state index is 6.39. The number of benzene rings is 1. The van der Waals surface area contributed by atoms with E-state index in [0.29, 0.717) is 5.92 Å². The molecular weight excluding hydrogens is 500 g/mol. The number of aliphatic imine (C=N–C) groups is 1. The van der Waals surface area contributed by atoms with Crippen LogP contribution in [0.15, 0.2) is 75.7 Å². The van der Waals surface area contributed by atoms with E-state index in [9.17, 15) is 0 Å². The molecule has 1 saturated heterocycles. The quantitative estimate of drug-likeness (QED) is 0.137. The maximum Gasteiger partial charge on any atom is 0.130 e. The predicted octanol–water partition coefficient (Wildman–Crippen LogP) is 11.0. The highest BCUT2D eigenvalue weighted by Crippen LogP contribution is 2.33. The van der Waals surface area contributed by atoms with E-state index in [0.717, 1.165) is 59.3 Å². The topological polar surface area (TPSA) is 24.8 Å². The van der Waals surface area contributed by atoms with Gasteiger partial charge in [-0.15, -0.1) is 0 Å². The zero-order valence-electron chi connectivity index (χ0n) is 27.6. The molecule has 0 radical (unpaired) electrons. The standard InChI is InChI=1S/C38H56N2O/c1-10-15-32-22-23-40(26-32)35(13-4)20-21-36(28(6)12-3)39-37(24-30(8)33-16-14-17-33)34-19-18-29(7)38(25-34)41-31(9)27(5)11-2/h13,18-21,24-25,28,32H,10-12,14-17,22-23,26H2,1-9H3/b21-20-,31-27+,35-13+,37-24-,39-36-/t28?,32-/m0/s1. The minimum Gasteiger partial charge on any atom is -0.462 e. The Morgan fingerprint density at radius 1 is 1.12 bits per heavy atom. The lowest BCUT2D eigenvalue weighted by Gasteiger charge is -2.21. The van der Waals surface area contributed by atoms with Crippen molar-refractivity contribution >= 4 is 11.4 Å². The molecule has 3 heteroatoms. The van der Waals surface area contributed by atoms with E-state index in [4.69, 9.17) is 9.73 Å². The summed E-state index contributed by atoms with van der Waals surface area (Å²) in [6.07, 6.45) is 18.8. The van der Waals surface area contributed by atoms with Crippen molar-refractivity contribution in [2.75, 3.05) is 13.1 Å². The van der Waals surface area contributed by atoms with Crippen molar-refractivity contribution in [2.45, 2.75) is 114 Å². The fraction of sp³-hybridized carbons (Fsp3) is 0.553. The number of aryl methyl sites for hydroxylation is 1. The first kappa shape index (κ1) is 32.7. The molecule has 1 aliphatic carbocycles. The Bertz CT molecular complexity index is 1220. The summed E-state index contributed by atoms with van der Waals surface area (Å²) in [4.78, 5) is 7.98. The number of ether oxygens (including phenoxy) is 1. The number of hydrogen-bond acceptors (Lipinski definition) is 3. The molecule has 0 bridgehead atoms. The third-order valence-electron chi connectivity index (χ3n) is 9.18. The van der Waals surface area contributed by atoms with Gasteiger partial charge in [0, 0.05) is 30.1 Å².